The Morgan fingerprint density at radius 1 is 1.43 bits per heavy atom. The molecule has 0 radical (unpaired) electrons. The lowest BCUT2D eigenvalue weighted by atomic mass is 9.98. The van der Waals surface area contributed by atoms with E-state index in [1.54, 1.807) is 0 Å². The van der Waals surface area contributed by atoms with Gasteiger partial charge in [0, 0.05) is 30.3 Å². The Balaban J connectivity index is 1.89. The summed E-state index contributed by atoms with van der Waals surface area (Å²) < 4.78 is 5.47. The molecule has 0 aromatic heterocycles. The molecule has 1 aliphatic rings. The molecular weight excluding hydrogens is 312 g/mol. The highest BCUT2D eigenvalue weighted by molar-refractivity contribution is 6.30. The van der Waals surface area contributed by atoms with Gasteiger partial charge >= 0.3 is 6.09 Å². The van der Waals surface area contributed by atoms with Crippen LogP contribution in [0.15, 0.2) is 18.2 Å². The summed E-state index contributed by atoms with van der Waals surface area (Å²) in [6.45, 7) is 10.1. The number of ether oxygens (including phenoxy) is 1. The maximum absolute atomic E-state index is 12.2. The number of benzene rings is 1. The Bertz CT molecular complexity index is 554. The maximum Gasteiger partial charge on any atom is 0.410 e. The third-order valence-corrected chi connectivity index (χ3v) is 4.19. The number of amides is 1. The molecule has 1 N–H and O–H groups in total. The summed E-state index contributed by atoms with van der Waals surface area (Å²) in [5.74, 6) is 0.426. The van der Waals surface area contributed by atoms with Gasteiger partial charge in [-0.15, -0.1) is 0 Å². The topological polar surface area (TPSA) is 41.6 Å². The zero-order valence-corrected chi connectivity index (χ0v) is 15.2. The first-order valence-electron chi connectivity index (χ1n) is 8.22. The summed E-state index contributed by atoms with van der Waals surface area (Å²) in [7, 11) is 0. The van der Waals surface area contributed by atoms with Crippen LogP contribution in [0.2, 0.25) is 5.02 Å². The fraction of sp³-hybridized carbons (Fsp3) is 0.611. The number of likely N-dealkylation sites (tertiary alicyclic amines) is 1. The van der Waals surface area contributed by atoms with Gasteiger partial charge in [0.1, 0.15) is 5.60 Å². The molecule has 1 aromatic rings. The number of hydrogen-bond donors (Lipinski definition) is 1. The Morgan fingerprint density at radius 3 is 2.87 bits per heavy atom. The van der Waals surface area contributed by atoms with Crippen LogP contribution >= 0.6 is 11.6 Å². The number of halogens is 1. The van der Waals surface area contributed by atoms with E-state index in [1.165, 1.54) is 5.56 Å². The average molecular weight is 339 g/mol. The van der Waals surface area contributed by atoms with Crippen LogP contribution < -0.4 is 5.32 Å². The molecular formula is C18H27ClN2O2. The highest BCUT2D eigenvalue weighted by atomic mass is 35.5. The molecule has 1 aliphatic heterocycles. The second-order valence-electron chi connectivity index (χ2n) is 7.27. The van der Waals surface area contributed by atoms with E-state index in [2.05, 4.69) is 12.2 Å². The van der Waals surface area contributed by atoms with Crippen molar-refractivity contribution < 1.29 is 9.53 Å². The first-order valence-corrected chi connectivity index (χ1v) is 8.60. The number of carbonyl (C=O) groups is 1. The lowest BCUT2D eigenvalue weighted by Crippen LogP contribution is -2.44. The predicted molar refractivity (Wildman–Crippen MR) is 95.2 cm³/mol. The van der Waals surface area contributed by atoms with Gasteiger partial charge in [0.2, 0.25) is 0 Å². The van der Waals surface area contributed by atoms with Gasteiger partial charge in [-0.05, 0) is 64.2 Å². The van der Waals surface area contributed by atoms with E-state index in [0.29, 0.717) is 5.92 Å². The summed E-state index contributed by atoms with van der Waals surface area (Å²) >= 11 is 6.06. The van der Waals surface area contributed by atoms with Crippen molar-refractivity contribution in [3.63, 3.8) is 0 Å². The van der Waals surface area contributed by atoms with E-state index in [0.717, 1.165) is 43.2 Å². The molecule has 1 heterocycles. The molecule has 23 heavy (non-hydrogen) atoms. The smallest absolute Gasteiger partial charge is 0.410 e. The van der Waals surface area contributed by atoms with E-state index in [4.69, 9.17) is 16.3 Å². The van der Waals surface area contributed by atoms with Crippen LogP contribution in [0.1, 0.15) is 39.2 Å². The third kappa shape index (κ3) is 5.61. The summed E-state index contributed by atoms with van der Waals surface area (Å²) in [6, 6.07) is 5.86. The molecule has 0 spiro atoms. The molecule has 2 rings (SSSR count). The number of carbonyl (C=O) groups excluding carboxylic acids is 1. The number of aryl methyl sites for hydroxylation is 1. The summed E-state index contributed by atoms with van der Waals surface area (Å²) in [4.78, 5) is 14.0. The van der Waals surface area contributed by atoms with Crippen LogP contribution in [0.3, 0.4) is 0 Å². The monoisotopic (exact) mass is 338 g/mol. The fourth-order valence-electron chi connectivity index (χ4n) is 2.76. The minimum Gasteiger partial charge on any atom is -0.444 e. The Kier molecular flexibility index (Phi) is 5.79. The van der Waals surface area contributed by atoms with Crippen molar-refractivity contribution in [2.24, 2.45) is 5.92 Å². The number of piperidine rings is 1. The number of hydrogen-bond acceptors (Lipinski definition) is 3. The second kappa shape index (κ2) is 7.43. The predicted octanol–water partition coefficient (Wildman–Crippen LogP) is 4.71. The normalized spacial score (nSPS) is 18.7. The Morgan fingerprint density at radius 2 is 2.17 bits per heavy atom. The second-order valence-corrected chi connectivity index (χ2v) is 7.71. The Labute approximate surface area is 144 Å². The van der Waals surface area contributed by atoms with Gasteiger partial charge in [0.05, 0.1) is 0 Å². The summed E-state index contributed by atoms with van der Waals surface area (Å²) in [6.07, 6.45) is 1.92. The van der Waals surface area contributed by atoms with Gasteiger partial charge in [0.25, 0.3) is 0 Å². The number of anilines is 1. The molecule has 4 nitrogen and oxygen atoms in total. The first kappa shape index (κ1) is 17.9. The SMILES string of the molecule is Cc1ccc(Cl)cc1NCC1CCCN(C(=O)OC(C)(C)C)C1. The molecule has 128 valence electrons. The molecule has 1 saturated heterocycles. The number of nitrogens with one attached hydrogen (secondary N) is 1. The van der Waals surface area contributed by atoms with Crippen LogP contribution in [0, 0.1) is 12.8 Å². The van der Waals surface area contributed by atoms with Crippen molar-refractivity contribution in [3.05, 3.63) is 28.8 Å². The zero-order valence-electron chi connectivity index (χ0n) is 14.5. The van der Waals surface area contributed by atoms with Gasteiger partial charge in [-0.1, -0.05) is 17.7 Å². The Hall–Kier alpha value is -1.42. The van der Waals surface area contributed by atoms with Gasteiger partial charge in [0.15, 0.2) is 0 Å². The van der Waals surface area contributed by atoms with Gasteiger partial charge < -0.3 is 15.0 Å². The van der Waals surface area contributed by atoms with Crippen LogP contribution in [-0.4, -0.2) is 36.2 Å². The van der Waals surface area contributed by atoms with Crippen molar-refractivity contribution >= 4 is 23.4 Å². The van der Waals surface area contributed by atoms with Gasteiger partial charge in [-0.2, -0.15) is 0 Å². The van der Waals surface area contributed by atoms with Crippen molar-refractivity contribution in [3.8, 4) is 0 Å². The van der Waals surface area contributed by atoms with E-state index in [1.807, 2.05) is 43.9 Å². The minimum absolute atomic E-state index is 0.207. The molecule has 0 saturated carbocycles. The minimum atomic E-state index is -0.444. The van der Waals surface area contributed by atoms with Gasteiger partial charge in [-0.25, -0.2) is 4.79 Å². The molecule has 5 heteroatoms. The quantitative estimate of drug-likeness (QED) is 0.868. The lowest BCUT2D eigenvalue weighted by molar-refractivity contribution is 0.0172. The van der Waals surface area contributed by atoms with Crippen LogP contribution in [0.5, 0.6) is 0 Å². The van der Waals surface area contributed by atoms with Crippen molar-refractivity contribution in [1.29, 1.82) is 0 Å². The van der Waals surface area contributed by atoms with E-state index in [9.17, 15) is 4.79 Å². The largest absolute Gasteiger partial charge is 0.444 e. The van der Waals surface area contributed by atoms with Crippen LogP contribution in [0.4, 0.5) is 10.5 Å². The highest BCUT2D eigenvalue weighted by Gasteiger charge is 2.27. The maximum atomic E-state index is 12.2. The van der Waals surface area contributed by atoms with Crippen molar-refractivity contribution in [2.45, 2.75) is 46.1 Å². The van der Waals surface area contributed by atoms with E-state index < -0.39 is 5.60 Å². The van der Waals surface area contributed by atoms with E-state index >= 15 is 0 Å². The molecule has 1 fully saturated rings. The van der Waals surface area contributed by atoms with Gasteiger partial charge in [-0.3, -0.25) is 0 Å². The molecule has 1 unspecified atom stereocenters. The molecule has 1 atom stereocenters. The van der Waals surface area contributed by atoms with Crippen LogP contribution in [0.25, 0.3) is 0 Å². The summed E-state index contributed by atoms with van der Waals surface area (Å²) in [5.41, 5.74) is 1.79. The molecule has 1 aromatic carbocycles. The van der Waals surface area contributed by atoms with E-state index in [-0.39, 0.29) is 6.09 Å². The molecule has 1 amide bonds. The standard InChI is InChI=1S/C18H27ClN2O2/c1-13-7-8-15(19)10-16(13)20-11-14-6-5-9-21(12-14)17(22)23-18(2,3)4/h7-8,10,14,20H,5-6,9,11-12H2,1-4H3. The van der Waals surface area contributed by atoms with Crippen molar-refractivity contribution in [1.82, 2.24) is 4.90 Å². The third-order valence-electron chi connectivity index (χ3n) is 3.95. The number of rotatable bonds is 3. The zero-order chi connectivity index (χ0) is 17.0. The molecule has 0 bridgehead atoms. The summed E-state index contributed by atoms with van der Waals surface area (Å²) in [5, 5.41) is 4.20. The number of nitrogens with zero attached hydrogens (tertiary/aromatic N) is 1. The van der Waals surface area contributed by atoms with Crippen molar-refractivity contribution in [2.75, 3.05) is 25.0 Å². The highest BCUT2D eigenvalue weighted by Crippen LogP contribution is 2.23. The lowest BCUT2D eigenvalue weighted by Gasteiger charge is -2.34. The van der Waals surface area contributed by atoms with Crippen LogP contribution in [-0.2, 0) is 4.74 Å². The molecule has 0 aliphatic carbocycles. The first-order chi connectivity index (χ1) is 10.7. The fourth-order valence-corrected chi connectivity index (χ4v) is 2.94. The average Bonchev–Trinajstić information content (AvgIpc) is 2.47.